The molecule has 1 rings (SSSR count). The fourth-order valence-electron chi connectivity index (χ4n) is 1.67. The zero-order valence-electron chi connectivity index (χ0n) is 14.3. The molecule has 0 spiro atoms. The Labute approximate surface area is 146 Å². The van der Waals surface area contributed by atoms with Crippen molar-refractivity contribution in [2.24, 2.45) is 0 Å². The molecule has 0 heterocycles. The highest BCUT2D eigenvalue weighted by atomic mass is 32.2. The van der Waals surface area contributed by atoms with Crippen LogP contribution in [0.4, 0.5) is 4.79 Å². The van der Waals surface area contributed by atoms with Crippen molar-refractivity contribution < 1.29 is 27.5 Å². The Morgan fingerprint density at radius 1 is 1.08 bits per heavy atom. The molecule has 0 radical (unpaired) electrons. The number of nitrogens with one attached hydrogen (secondary N) is 3. The third-order valence-electron chi connectivity index (χ3n) is 3.14. The zero-order valence-corrected chi connectivity index (χ0v) is 15.1. The lowest BCUT2D eigenvalue weighted by molar-refractivity contribution is -0.155. The van der Waals surface area contributed by atoms with Crippen LogP contribution >= 0.6 is 0 Å². The number of esters is 1. The first-order valence-corrected chi connectivity index (χ1v) is 8.87. The number of hydrogen-bond acceptors (Lipinski definition) is 6. The van der Waals surface area contributed by atoms with Crippen molar-refractivity contribution in [3.63, 3.8) is 0 Å². The van der Waals surface area contributed by atoms with Crippen molar-refractivity contribution >= 4 is 27.9 Å². The first-order valence-electron chi connectivity index (χ1n) is 7.39. The highest BCUT2D eigenvalue weighted by Crippen LogP contribution is 2.11. The molecule has 1 aromatic carbocycles. The van der Waals surface area contributed by atoms with Gasteiger partial charge in [0.2, 0.25) is 10.0 Å². The summed E-state index contributed by atoms with van der Waals surface area (Å²) in [5, 5.41) is 4.13. The van der Waals surface area contributed by atoms with Crippen LogP contribution in [-0.4, -0.2) is 45.5 Å². The maximum atomic E-state index is 12.2. The summed E-state index contributed by atoms with van der Waals surface area (Å²) in [6.07, 6.45) is -1.27. The largest absolute Gasteiger partial charge is 0.451 e. The van der Waals surface area contributed by atoms with Crippen molar-refractivity contribution in [1.82, 2.24) is 15.4 Å². The lowest BCUT2D eigenvalue weighted by Crippen LogP contribution is -2.46. The molecular weight excluding hydrogens is 350 g/mol. The van der Waals surface area contributed by atoms with E-state index in [0.717, 1.165) is 5.56 Å². The number of imide groups is 1. The monoisotopic (exact) mass is 371 g/mol. The highest BCUT2D eigenvalue weighted by Gasteiger charge is 2.26. The Balaban J connectivity index is 2.68. The third-order valence-corrected chi connectivity index (χ3v) is 4.70. The van der Waals surface area contributed by atoms with Gasteiger partial charge in [0, 0.05) is 7.05 Å². The quantitative estimate of drug-likeness (QED) is 0.606. The van der Waals surface area contributed by atoms with Crippen LogP contribution in [0.2, 0.25) is 0 Å². The molecule has 0 aromatic heterocycles. The lowest BCUT2D eigenvalue weighted by Gasteiger charge is -2.17. The van der Waals surface area contributed by atoms with Gasteiger partial charge in [0.15, 0.2) is 6.10 Å². The van der Waals surface area contributed by atoms with Gasteiger partial charge >= 0.3 is 12.0 Å². The first-order chi connectivity index (χ1) is 11.6. The molecule has 9 nitrogen and oxygen atoms in total. The van der Waals surface area contributed by atoms with Crippen molar-refractivity contribution in [3.05, 3.63) is 29.8 Å². The summed E-state index contributed by atoms with van der Waals surface area (Å²) >= 11 is 0. The molecular formula is C15H21N3O6S. The molecule has 3 amide bonds. The molecule has 0 unspecified atom stereocenters. The second-order valence-corrected chi connectivity index (χ2v) is 7.02. The van der Waals surface area contributed by atoms with E-state index >= 15 is 0 Å². The Hall–Kier alpha value is -2.46. The topological polar surface area (TPSA) is 131 Å². The van der Waals surface area contributed by atoms with Gasteiger partial charge < -0.3 is 10.1 Å². The lowest BCUT2D eigenvalue weighted by atomic mass is 10.2. The Morgan fingerprint density at radius 2 is 1.64 bits per heavy atom. The van der Waals surface area contributed by atoms with Crippen LogP contribution in [0.1, 0.15) is 19.4 Å². The van der Waals surface area contributed by atoms with E-state index in [1.165, 1.54) is 33.0 Å². The highest BCUT2D eigenvalue weighted by molar-refractivity contribution is 7.89. The predicted molar refractivity (Wildman–Crippen MR) is 89.1 cm³/mol. The normalized spacial score (nSPS) is 13.4. The van der Waals surface area contributed by atoms with Gasteiger partial charge in [-0.05, 0) is 32.9 Å². The second kappa shape index (κ2) is 8.58. The first kappa shape index (κ1) is 20.6. The Kier molecular flexibility index (Phi) is 7.07. The fraction of sp³-hybridized carbons (Fsp3) is 0.400. The van der Waals surface area contributed by atoms with Gasteiger partial charge in [-0.3, -0.25) is 14.9 Å². The van der Waals surface area contributed by atoms with Crippen molar-refractivity contribution in [2.75, 3.05) is 7.05 Å². The molecule has 0 aliphatic rings. The van der Waals surface area contributed by atoms with E-state index < -0.39 is 40.1 Å². The average molecular weight is 371 g/mol. The Bertz CT molecular complexity index is 745. The van der Waals surface area contributed by atoms with Crippen LogP contribution in [-0.2, 0) is 24.3 Å². The molecule has 0 aliphatic carbocycles. The Morgan fingerprint density at radius 3 is 2.16 bits per heavy atom. The number of amides is 3. The molecule has 0 saturated heterocycles. The summed E-state index contributed by atoms with van der Waals surface area (Å²) in [5.74, 6) is -1.78. The SMILES string of the molecule is CNC(=O)NC(=O)[C@@H](C)OC(=O)[C@H](C)NS(=O)(=O)c1ccc(C)cc1. The van der Waals surface area contributed by atoms with Crippen LogP contribution in [0.3, 0.4) is 0 Å². The van der Waals surface area contributed by atoms with Gasteiger partial charge in [0.1, 0.15) is 6.04 Å². The van der Waals surface area contributed by atoms with Crippen molar-refractivity contribution in [3.8, 4) is 0 Å². The van der Waals surface area contributed by atoms with E-state index in [4.69, 9.17) is 4.74 Å². The number of hydrogen-bond donors (Lipinski definition) is 3. The van der Waals surface area contributed by atoms with E-state index in [9.17, 15) is 22.8 Å². The van der Waals surface area contributed by atoms with Gasteiger partial charge in [-0.15, -0.1) is 0 Å². The van der Waals surface area contributed by atoms with Crippen molar-refractivity contribution in [2.45, 2.75) is 37.8 Å². The number of carbonyl (C=O) groups excluding carboxylic acids is 3. The van der Waals surface area contributed by atoms with Gasteiger partial charge in [0.05, 0.1) is 4.90 Å². The van der Waals surface area contributed by atoms with Crippen LogP contribution in [0, 0.1) is 6.92 Å². The number of benzene rings is 1. The molecule has 0 saturated carbocycles. The maximum absolute atomic E-state index is 12.2. The molecule has 1 aromatic rings. The number of urea groups is 1. The van der Waals surface area contributed by atoms with Crippen LogP contribution in [0.15, 0.2) is 29.2 Å². The summed E-state index contributed by atoms with van der Waals surface area (Å²) in [6.45, 7) is 4.36. The molecule has 3 N–H and O–H groups in total. The van der Waals surface area contributed by atoms with Gasteiger partial charge in [-0.1, -0.05) is 17.7 Å². The van der Waals surface area contributed by atoms with Crippen molar-refractivity contribution in [1.29, 1.82) is 0 Å². The zero-order chi connectivity index (χ0) is 19.2. The second-order valence-electron chi connectivity index (χ2n) is 5.30. The number of carbonyl (C=O) groups is 3. The fourth-order valence-corrected chi connectivity index (χ4v) is 2.86. The van der Waals surface area contributed by atoms with Gasteiger partial charge in [-0.2, -0.15) is 4.72 Å². The van der Waals surface area contributed by atoms with Crippen LogP contribution in [0.25, 0.3) is 0 Å². The third kappa shape index (κ3) is 6.16. The summed E-state index contributed by atoms with van der Waals surface area (Å²) in [5.41, 5.74) is 0.891. The predicted octanol–water partition coefficient (Wildman–Crippen LogP) is 0.0491. The molecule has 25 heavy (non-hydrogen) atoms. The molecule has 0 bridgehead atoms. The minimum atomic E-state index is -3.92. The summed E-state index contributed by atoms with van der Waals surface area (Å²) in [4.78, 5) is 34.6. The molecule has 2 atom stereocenters. The van der Waals surface area contributed by atoms with E-state index in [0.29, 0.717) is 0 Å². The average Bonchev–Trinajstić information content (AvgIpc) is 2.54. The van der Waals surface area contributed by atoms with Gasteiger partial charge in [0.25, 0.3) is 5.91 Å². The minimum absolute atomic E-state index is 0.00292. The van der Waals surface area contributed by atoms with E-state index in [2.05, 4.69) is 10.0 Å². The number of sulfonamides is 1. The smallest absolute Gasteiger partial charge is 0.324 e. The number of aryl methyl sites for hydroxylation is 1. The van der Waals surface area contributed by atoms with E-state index in [-0.39, 0.29) is 4.90 Å². The maximum Gasteiger partial charge on any atom is 0.324 e. The summed E-state index contributed by atoms with van der Waals surface area (Å²) in [7, 11) is -2.60. The van der Waals surface area contributed by atoms with E-state index in [1.807, 2.05) is 12.2 Å². The molecule has 0 aliphatic heterocycles. The molecule has 138 valence electrons. The summed E-state index contributed by atoms with van der Waals surface area (Å²) in [6, 6.07) is 4.11. The van der Waals surface area contributed by atoms with Crippen LogP contribution in [0.5, 0.6) is 0 Å². The molecule has 0 fully saturated rings. The standard InChI is InChI=1S/C15H21N3O6S/c1-9-5-7-12(8-6-9)25(22,23)18-10(2)14(20)24-11(3)13(19)17-15(21)16-4/h5-8,10-11,18H,1-4H3,(H2,16,17,19,21)/t10-,11+/m0/s1. The van der Waals surface area contributed by atoms with Crippen LogP contribution < -0.4 is 15.4 Å². The number of ether oxygens (including phenoxy) is 1. The van der Waals surface area contributed by atoms with E-state index in [1.54, 1.807) is 12.1 Å². The summed E-state index contributed by atoms with van der Waals surface area (Å²) < 4.78 is 31.5. The van der Waals surface area contributed by atoms with Gasteiger partial charge in [-0.25, -0.2) is 13.2 Å². The number of rotatable bonds is 6. The molecule has 10 heteroatoms. The minimum Gasteiger partial charge on any atom is -0.451 e.